The third-order valence-corrected chi connectivity index (χ3v) is 4.89. The van der Waals surface area contributed by atoms with E-state index in [4.69, 9.17) is 10.3 Å². The lowest BCUT2D eigenvalue weighted by Gasteiger charge is -2.24. The van der Waals surface area contributed by atoms with Gasteiger partial charge in [0.15, 0.2) is 5.58 Å². The van der Waals surface area contributed by atoms with Gasteiger partial charge in [-0.2, -0.15) is 0 Å². The van der Waals surface area contributed by atoms with Crippen LogP contribution in [0.1, 0.15) is 36.6 Å². The van der Waals surface area contributed by atoms with Crippen LogP contribution in [0.2, 0.25) is 0 Å². The first-order valence-electron chi connectivity index (χ1n) is 8.89. The summed E-state index contributed by atoms with van der Waals surface area (Å²) >= 11 is 0. The Balaban J connectivity index is 1.81. The van der Waals surface area contributed by atoms with E-state index in [1.165, 1.54) is 0 Å². The van der Waals surface area contributed by atoms with Crippen LogP contribution >= 0.6 is 0 Å². The normalized spacial score (nSPS) is 13.6. The number of pyridine rings is 1. The highest BCUT2D eigenvalue weighted by atomic mass is 16.5. The van der Waals surface area contributed by atoms with Crippen molar-refractivity contribution >= 4 is 11.0 Å². The predicted molar refractivity (Wildman–Crippen MR) is 104 cm³/mol. The van der Waals surface area contributed by atoms with Crippen molar-refractivity contribution in [3.8, 4) is 11.3 Å². The van der Waals surface area contributed by atoms with Crippen LogP contribution in [-0.4, -0.2) is 10.1 Å². The number of para-hydroxylation sites is 1. The van der Waals surface area contributed by atoms with Crippen LogP contribution in [0.15, 0.2) is 77.4 Å². The molecule has 4 nitrogen and oxygen atoms in total. The van der Waals surface area contributed by atoms with Crippen LogP contribution in [-0.2, 0) is 0 Å². The second-order valence-electron chi connectivity index (χ2n) is 6.41. The molecule has 4 aromatic rings. The maximum Gasteiger partial charge on any atom is 0.167 e. The third-order valence-electron chi connectivity index (χ3n) is 4.89. The molecule has 2 N–H and O–H groups in total. The van der Waals surface area contributed by atoms with E-state index < -0.39 is 0 Å². The van der Waals surface area contributed by atoms with Crippen molar-refractivity contribution in [2.24, 2.45) is 5.73 Å². The minimum Gasteiger partial charge on any atom is -0.356 e. The van der Waals surface area contributed by atoms with Gasteiger partial charge in [-0.1, -0.05) is 54.5 Å². The molecule has 4 rings (SSSR count). The zero-order valence-corrected chi connectivity index (χ0v) is 14.7. The maximum atomic E-state index is 6.73. The Hall–Kier alpha value is -2.98. The molecule has 0 fully saturated rings. The summed E-state index contributed by atoms with van der Waals surface area (Å²) in [5.41, 5.74) is 11.4. The Labute approximate surface area is 152 Å². The Kier molecular flexibility index (Phi) is 4.50. The fourth-order valence-electron chi connectivity index (χ4n) is 3.54. The van der Waals surface area contributed by atoms with Crippen LogP contribution in [0.5, 0.6) is 0 Å². The molecule has 2 atom stereocenters. The molecule has 0 bridgehead atoms. The van der Waals surface area contributed by atoms with Gasteiger partial charge in [0.05, 0.1) is 0 Å². The lowest BCUT2D eigenvalue weighted by atomic mass is 9.85. The van der Waals surface area contributed by atoms with E-state index in [1.54, 1.807) is 0 Å². The Morgan fingerprint density at radius 1 is 0.962 bits per heavy atom. The summed E-state index contributed by atoms with van der Waals surface area (Å²) in [4.78, 5) is 4.52. The van der Waals surface area contributed by atoms with Gasteiger partial charge >= 0.3 is 0 Å². The predicted octanol–water partition coefficient (Wildman–Crippen LogP) is 5.08. The largest absolute Gasteiger partial charge is 0.356 e. The van der Waals surface area contributed by atoms with Crippen molar-refractivity contribution in [2.45, 2.75) is 25.3 Å². The van der Waals surface area contributed by atoms with Gasteiger partial charge in [0.25, 0.3) is 0 Å². The van der Waals surface area contributed by atoms with Gasteiger partial charge in [0.1, 0.15) is 5.69 Å². The highest BCUT2D eigenvalue weighted by Crippen LogP contribution is 2.37. The SMILES string of the molecule is CC[C@@H](c1ccccn1)[C@H](N)c1ccccc1-c1noc2ccccc12. The van der Waals surface area contributed by atoms with Gasteiger partial charge in [-0.15, -0.1) is 0 Å². The van der Waals surface area contributed by atoms with E-state index in [-0.39, 0.29) is 12.0 Å². The van der Waals surface area contributed by atoms with Crippen LogP contribution in [0, 0.1) is 0 Å². The van der Waals surface area contributed by atoms with Gasteiger partial charge in [-0.3, -0.25) is 4.98 Å². The molecular weight excluding hydrogens is 322 g/mol. The molecule has 0 radical (unpaired) electrons. The van der Waals surface area contributed by atoms with Crippen LogP contribution < -0.4 is 5.73 Å². The molecule has 0 unspecified atom stereocenters. The number of rotatable bonds is 5. The summed E-state index contributed by atoms with van der Waals surface area (Å²) in [6.45, 7) is 2.15. The summed E-state index contributed by atoms with van der Waals surface area (Å²) in [7, 11) is 0. The smallest absolute Gasteiger partial charge is 0.167 e. The van der Waals surface area contributed by atoms with E-state index in [1.807, 2.05) is 60.8 Å². The molecule has 130 valence electrons. The first kappa shape index (κ1) is 16.5. The fraction of sp³-hybridized carbons (Fsp3) is 0.182. The number of fused-ring (bicyclic) bond motifs is 1. The van der Waals surface area contributed by atoms with Gasteiger partial charge in [0, 0.05) is 34.8 Å². The topological polar surface area (TPSA) is 64.9 Å². The third kappa shape index (κ3) is 2.89. The number of nitrogens with zero attached hydrogens (tertiary/aromatic N) is 2. The molecule has 4 heteroatoms. The number of hydrogen-bond donors (Lipinski definition) is 1. The number of nitrogens with two attached hydrogens (primary N) is 1. The zero-order valence-electron chi connectivity index (χ0n) is 14.7. The molecule has 0 aliphatic rings. The molecule has 2 heterocycles. The fourth-order valence-corrected chi connectivity index (χ4v) is 3.54. The average Bonchev–Trinajstić information content (AvgIpc) is 3.13. The number of benzene rings is 2. The van der Waals surface area contributed by atoms with E-state index >= 15 is 0 Å². The lowest BCUT2D eigenvalue weighted by Crippen LogP contribution is -2.21. The highest BCUT2D eigenvalue weighted by Gasteiger charge is 2.24. The van der Waals surface area contributed by atoms with E-state index in [2.05, 4.69) is 29.2 Å². The second-order valence-corrected chi connectivity index (χ2v) is 6.41. The molecule has 0 aliphatic heterocycles. The summed E-state index contributed by atoms with van der Waals surface area (Å²) in [6, 6.07) is 21.9. The first-order valence-corrected chi connectivity index (χ1v) is 8.89. The zero-order chi connectivity index (χ0) is 17.9. The van der Waals surface area contributed by atoms with Gasteiger partial charge in [-0.05, 0) is 36.2 Å². The van der Waals surface area contributed by atoms with Crippen LogP contribution in [0.4, 0.5) is 0 Å². The highest BCUT2D eigenvalue weighted by molar-refractivity contribution is 5.92. The summed E-state index contributed by atoms with van der Waals surface area (Å²) in [5, 5.41) is 5.32. The standard InChI is InChI=1S/C22H21N3O/c1-2-15(19-12-7-8-14-24-19)21(23)16-9-3-4-10-17(16)22-18-11-5-6-13-20(18)26-25-22/h3-15,21H,2,23H2,1H3/t15-,21-/m0/s1. The monoisotopic (exact) mass is 343 g/mol. The van der Waals surface area contributed by atoms with E-state index in [0.717, 1.165) is 39.9 Å². The Morgan fingerprint density at radius 2 is 1.73 bits per heavy atom. The minimum atomic E-state index is -0.179. The van der Waals surface area contributed by atoms with Crippen molar-refractivity contribution < 1.29 is 4.52 Å². The summed E-state index contributed by atoms with van der Waals surface area (Å²) in [6.07, 6.45) is 2.73. The van der Waals surface area contributed by atoms with Crippen LogP contribution in [0.3, 0.4) is 0 Å². The molecule has 0 saturated heterocycles. The Morgan fingerprint density at radius 3 is 2.54 bits per heavy atom. The number of hydrogen-bond acceptors (Lipinski definition) is 4. The van der Waals surface area contributed by atoms with Gasteiger partial charge in [0.2, 0.25) is 0 Å². The quantitative estimate of drug-likeness (QED) is 0.548. The second kappa shape index (κ2) is 7.10. The molecule has 0 amide bonds. The molecule has 2 aromatic carbocycles. The molecule has 0 spiro atoms. The van der Waals surface area contributed by atoms with Crippen molar-refractivity contribution in [2.75, 3.05) is 0 Å². The molecular formula is C22H21N3O. The van der Waals surface area contributed by atoms with Crippen molar-refractivity contribution in [1.82, 2.24) is 10.1 Å². The van der Waals surface area contributed by atoms with E-state index in [9.17, 15) is 0 Å². The Bertz CT molecular complexity index is 1010. The first-order chi connectivity index (χ1) is 12.8. The van der Waals surface area contributed by atoms with Crippen molar-refractivity contribution in [3.63, 3.8) is 0 Å². The maximum absolute atomic E-state index is 6.73. The van der Waals surface area contributed by atoms with Crippen LogP contribution in [0.25, 0.3) is 22.2 Å². The summed E-state index contributed by atoms with van der Waals surface area (Å²) < 4.78 is 5.51. The van der Waals surface area contributed by atoms with E-state index in [0.29, 0.717) is 0 Å². The summed E-state index contributed by atoms with van der Waals surface area (Å²) in [5.74, 6) is 0.135. The van der Waals surface area contributed by atoms with Gasteiger partial charge < -0.3 is 10.3 Å². The van der Waals surface area contributed by atoms with Crippen molar-refractivity contribution in [1.29, 1.82) is 0 Å². The molecule has 26 heavy (non-hydrogen) atoms. The van der Waals surface area contributed by atoms with Gasteiger partial charge in [-0.25, -0.2) is 0 Å². The van der Waals surface area contributed by atoms with Crippen molar-refractivity contribution in [3.05, 3.63) is 84.2 Å². The molecule has 0 saturated carbocycles. The average molecular weight is 343 g/mol. The lowest BCUT2D eigenvalue weighted by molar-refractivity contribution is 0.459. The minimum absolute atomic E-state index is 0.135. The molecule has 0 aliphatic carbocycles. The number of aromatic nitrogens is 2. The molecule has 2 aromatic heterocycles.